The maximum atomic E-state index is 14.5. The highest BCUT2D eigenvalue weighted by atomic mass is 35.5. The summed E-state index contributed by atoms with van der Waals surface area (Å²) in [6.45, 7) is 4.17. The van der Waals surface area contributed by atoms with E-state index in [4.69, 9.17) is 11.6 Å². The number of benzene rings is 2. The van der Waals surface area contributed by atoms with Crippen LogP contribution in [0.3, 0.4) is 0 Å². The Morgan fingerprint density at radius 3 is 2.61 bits per heavy atom. The summed E-state index contributed by atoms with van der Waals surface area (Å²) in [5.74, 6) is -2.48. The van der Waals surface area contributed by atoms with Crippen molar-refractivity contribution in [3.05, 3.63) is 58.6 Å². The largest absolute Gasteiger partial charge is 0.340 e. The first-order valence-corrected chi connectivity index (χ1v) is 11.7. The van der Waals surface area contributed by atoms with E-state index in [2.05, 4.69) is 11.8 Å². The van der Waals surface area contributed by atoms with E-state index in [0.29, 0.717) is 19.1 Å². The van der Waals surface area contributed by atoms with Crippen LogP contribution in [0.2, 0.25) is 5.02 Å². The van der Waals surface area contributed by atoms with Crippen LogP contribution in [0.5, 0.6) is 0 Å². The lowest BCUT2D eigenvalue weighted by Crippen LogP contribution is -2.37. The smallest absolute Gasteiger partial charge is 0.264 e. The van der Waals surface area contributed by atoms with Crippen molar-refractivity contribution in [2.45, 2.75) is 30.7 Å². The van der Waals surface area contributed by atoms with Crippen molar-refractivity contribution >= 4 is 33.2 Å². The summed E-state index contributed by atoms with van der Waals surface area (Å²) >= 11 is 6.05. The molecule has 1 heterocycles. The fourth-order valence-electron chi connectivity index (χ4n) is 3.55. The third-order valence-electron chi connectivity index (χ3n) is 5.42. The van der Waals surface area contributed by atoms with Crippen LogP contribution >= 0.6 is 11.6 Å². The van der Waals surface area contributed by atoms with Crippen molar-refractivity contribution in [1.82, 2.24) is 9.80 Å². The molecule has 2 aromatic carbocycles. The summed E-state index contributed by atoms with van der Waals surface area (Å²) in [5.41, 5.74) is -0.476. The number of nitrogens with zero attached hydrogens (tertiary/aromatic N) is 2. The van der Waals surface area contributed by atoms with E-state index in [1.807, 2.05) is 4.72 Å². The molecule has 0 spiro atoms. The first kappa shape index (κ1) is 23.4. The van der Waals surface area contributed by atoms with Crippen LogP contribution in [-0.4, -0.2) is 56.8 Å². The van der Waals surface area contributed by atoms with Gasteiger partial charge in [0.15, 0.2) is 0 Å². The minimum Gasteiger partial charge on any atom is -0.340 e. The molecule has 6 nitrogen and oxygen atoms in total. The predicted octanol–water partition coefficient (Wildman–Crippen LogP) is 3.98. The Kier molecular flexibility index (Phi) is 7.18. The molecule has 1 N–H and O–H groups in total. The first-order chi connectivity index (χ1) is 14.6. The molecule has 1 aliphatic rings. The van der Waals surface area contributed by atoms with E-state index < -0.39 is 32.5 Å². The lowest BCUT2D eigenvalue weighted by Gasteiger charge is -2.25. The molecule has 1 atom stereocenters. The van der Waals surface area contributed by atoms with Gasteiger partial charge in [-0.3, -0.25) is 14.4 Å². The van der Waals surface area contributed by atoms with Crippen molar-refractivity contribution in [3.8, 4) is 0 Å². The third kappa shape index (κ3) is 5.34. The van der Waals surface area contributed by atoms with Gasteiger partial charge in [0.05, 0.1) is 16.3 Å². The highest BCUT2D eigenvalue weighted by molar-refractivity contribution is 7.92. The fourth-order valence-corrected chi connectivity index (χ4v) is 4.94. The van der Waals surface area contributed by atoms with Crippen LogP contribution < -0.4 is 4.72 Å². The van der Waals surface area contributed by atoms with Gasteiger partial charge in [-0.15, -0.1) is 0 Å². The zero-order chi connectivity index (χ0) is 22.8. The molecule has 168 valence electrons. The minimum absolute atomic E-state index is 0.144. The van der Waals surface area contributed by atoms with Crippen LogP contribution in [0.1, 0.15) is 30.1 Å². The SMILES string of the molecule is C[C@H]1CCCN1CCN(C)C(=O)c1cc(S(=O)(=O)Nc2ccccc2F)c(F)cc1Cl. The number of anilines is 1. The van der Waals surface area contributed by atoms with Gasteiger partial charge in [0.1, 0.15) is 16.5 Å². The number of halogens is 3. The highest BCUT2D eigenvalue weighted by Crippen LogP contribution is 2.27. The van der Waals surface area contributed by atoms with Crippen LogP contribution in [0, 0.1) is 11.6 Å². The maximum absolute atomic E-state index is 14.5. The lowest BCUT2D eigenvalue weighted by atomic mass is 10.2. The molecule has 1 saturated heterocycles. The zero-order valence-corrected chi connectivity index (χ0v) is 18.8. The molecule has 10 heteroatoms. The molecule has 0 aliphatic carbocycles. The number of sulfonamides is 1. The quantitative estimate of drug-likeness (QED) is 0.663. The summed E-state index contributed by atoms with van der Waals surface area (Å²) in [5, 5.41) is -0.200. The Bertz CT molecular complexity index is 1080. The average molecular weight is 472 g/mol. The van der Waals surface area contributed by atoms with Crippen LogP contribution in [0.4, 0.5) is 14.5 Å². The number of nitrogens with one attached hydrogen (secondary N) is 1. The standard InChI is InChI=1S/C21H24ClF2N3O3S/c1-14-6-5-9-27(14)11-10-26(2)21(28)15-12-20(18(24)13-16(15)22)31(29,30)25-19-8-4-3-7-17(19)23/h3-4,7-8,12-14,25H,5-6,9-11H2,1-2H3/t14-/m0/s1. The van der Waals surface area contributed by atoms with Gasteiger partial charge in [0.25, 0.3) is 15.9 Å². The molecule has 31 heavy (non-hydrogen) atoms. The lowest BCUT2D eigenvalue weighted by molar-refractivity contribution is 0.0776. The van der Waals surface area contributed by atoms with Gasteiger partial charge in [-0.25, -0.2) is 17.2 Å². The van der Waals surface area contributed by atoms with Crippen LogP contribution in [0.25, 0.3) is 0 Å². The van der Waals surface area contributed by atoms with Crippen molar-refractivity contribution in [2.75, 3.05) is 31.4 Å². The number of likely N-dealkylation sites (tertiary alicyclic amines) is 1. The first-order valence-electron chi connectivity index (χ1n) is 9.86. The molecule has 2 aromatic rings. The molecule has 0 unspecified atom stereocenters. The van der Waals surface area contributed by atoms with E-state index >= 15 is 0 Å². The van der Waals surface area contributed by atoms with Crippen molar-refractivity contribution in [3.63, 3.8) is 0 Å². The summed E-state index contributed by atoms with van der Waals surface area (Å²) in [6.07, 6.45) is 2.22. The molecule has 1 amide bonds. The molecule has 0 aromatic heterocycles. The summed E-state index contributed by atoms with van der Waals surface area (Å²) in [7, 11) is -2.92. The molecule has 3 rings (SSSR count). The molecule has 1 aliphatic heterocycles. The molecule has 0 bridgehead atoms. The normalized spacial score (nSPS) is 17.0. The van der Waals surface area contributed by atoms with E-state index in [-0.39, 0.29) is 16.3 Å². The van der Waals surface area contributed by atoms with Gasteiger partial charge in [0.2, 0.25) is 0 Å². The summed E-state index contributed by atoms with van der Waals surface area (Å²) in [6, 6.07) is 7.22. The van der Waals surface area contributed by atoms with E-state index in [0.717, 1.165) is 37.6 Å². The fraction of sp³-hybridized carbons (Fsp3) is 0.381. The molecule has 1 fully saturated rings. The second-order valence-electron chi connectivity index (χ2n) is 7.60. The number of hydrogen-bond donors (Lipinski definition) is 1. The monoisotopic (exact) mass is 471 g/mol. The summed E-state index contributed by atoms with van der Waals surface area (Å²) < 4.78 is 55.7. The number of para-hydroxylation sites is 1. The van der Waals surface area contributed by atoms with Gasteiger partial charge < -0.3 is 4.90 Å². The predicted molar refractivity (Wildman–Crippen MR) is 116 cm³/mol. The van der Waals surface area contributed by atoms with Crippen molar-refractivity contribution in [1.29, 1.82) is 0 Å². The van der Waals surface area contributed by atoms with Crippen LogP contribution in [-0.2, 0) is 10.0 Å². The Labute approximate surface area is 185 Å². The van der Waals surface area contributed by atoms with Gasteiger partial charge >= 0.3 is 0 Å². The number of carbonyl (C=O) groups excluding carboxylic acids is 1. The van der Waals surface area contributed by atoms with Gasteiger partial charge in [-0.1, -0.05) is 23.7 Å². The van der Waals surface area contributed by atoms with E-state index in [9.17, 15) is 22.0 Å². The summed E-state index contributed by atoms with van der Waals surface area (Å²) in [4.78, 5) is 15.8. The topological polar surface area (TPSA) is 69.7 Å². The third-order valence-corrected chi connectivity index (χ3v) is 7.11. The van der Waals surface area contributed by atoms with Gasteiger partial charge in [-0.2, -0.15) is 0 Å². The Hall–Kier alpha value is -2.23. The van der Waals surface area contributed by atoms with E-state index in [1.54, 1.807) is 7.05 Å². The minimum atomic E-state index is -4.50. The number of carbonyl (C=O) groups is 1. The van der Waals surface area contributed by atoms with Gasteiger partial charge in [-0.05, 0) is 50.6 Å². The number of likely N-dealkylation sites (N-methyl/N-ethyl adjacent to an activating group) is 1. The Morgan fingerprint density at radius 1 is 1.26 bits per heavy atom. The molecular weight excluding hydrogens is 448 g/mol. The average Bonchev–Trinajstić information content (AvgIpc) is 3.12. The maximum Gasteiger partial charge on any atom is 0.264 e. The Morgan fingerprint density at radius 2 is 1.97 bits per heavy atom. The Balaban J connectivity index is 1.82. The second kappa shape index (κ2) is 9.50. The number of hydrogen-bond acceptors (Lipinski definition) is 4. The second-order valence-corrected chi connectivity index (χ2v) is 9.66. The van der Waals surface area contributed by atoms with Crippen molar-refractivity contribution in [2.24, 2.45) is 0 Å². The molecule has 0 saturated carbocycles. The molecular formula is C21H24ClF2N3O3S. The zero-order valence-electron chi connectivity index (χ0n) is 17.2. The van der Waals surface area contributed by atoms with E-state index in [1.165, 1.54) is 23.1 Å². The molecule has 0 radical (unpaired) electrons. The van der Waals surface area contributed by atoms with Crippen LogP contribution in [0.15, 0.2) is 41.3 Å². The number of amides is 1. The van der Waals surface area contributed by atoms with Gasteiger partial charge in [0, 0.05) is 26.2 Å². The van der Waals surface area contributed by atoms with Crippen molar-refractivity contribution < 1.29 is 22.0 Å². The number of rotatable bonds is 7. The highest BCUT2D eigenvalue weighted by Gasteiger charge is 2.26.